The number of hydrogen-bond donors (Lipinski definition) is 3. The fourth-order valence-corrected chi connectivity index (χ4v) is 5.21. The number of nitrogens with zero attached hydrogens (tertiary/aromatic N) is 1. The summed E-state index contributed by atoms with van der Waals surface area (Å²) in [6, 6.07) is 2.48. The van der Waals surface area contributed by atoms with Crippen molar-refractivity contribution < 1.29 is 13.5 Å². The Labute approximate surface area is 188 Å². The van der Waals surface area contributed by atoms with Crippen LogP contribution in [0.5, 0.6) is 5.75 Å². The van der Waals surface area contributed by atoms with Gasteiger partial charge in [-0.3, -0.25) is 9.59 Å². The number of benzene rings is 1. The van der Waals surface area contributed by atoms with Crippen LogP contribution >= 0.6 is 11.6 Å². The van der Waals surface area contributed by atoms with E-state index in [-0.39, 0.29) is 39.0 Å². The SMILES string of the molecule is CN(C)S(=O)(=O)c1c(Cl)ccc(Nc2c(NC(C(C)(C)C)C(C)(C)C)c(=O)c2=O)c1O. The molecule has 0 radical (unpaired) electrons. The molecule has 0 aromatic heterocycles. The van der Waals surface area contributed by atoms with Crippen LogP contribution in [0.2, 0.25) is 5.02 Å². The first-order chi connectivity index (χ1) is 13.9. The lowest BCUT2D eigenvalue weighted by molar-refractivity contribution is 0.198. The Kier molecular flexibility index (Phi) is 6.58. The zero-order valence-corrected chi connectivity index (χ0v) is 20.6. The van der Waals surface area contributed by atoms with E-state index in [0.717, 1.165) is 4.31 Å². The van der Waals surface area contributed by atoms with E-state index in [9.17, 15) is 23.1 Å². The number of halogens is 1. The second-order valence-electron chi connectivity index (χ2n) is 9.90. The second kappa shape index (κ2) is 8.11. The van der Waals surface area contributed by atoms with E-state index < -0.39 is 31.5 Å². The van der Waals surface area contributed by atoms with Gasteiger partial charge in [-0.2, -0.15) is 0 Å². The predicted molar refractivity (Wildman–Crippen MR) is 125 cm³/mol. The molecule has 2 aromatic carbocycles. The lowest BCUT2D eigenvalue weighted by Crippen LogP contribution is -2.48. The molecule has 0 amide bonds. The van der Waals surface area contributed by atoms with E-state index in [2.05, 4.69) is 10.6 Å². The number of rotatable bonds is 6. The normalized spacial score (nSPS) is 13.3. The molecule has 0 fully saturated rings. The standard InChI is InChI=1S/C21H30ClN3O5S/c1-20(2,3)19(21(4,5)6)24-14-13(16(27)17(14)28)23-12-10-9-11(22)18(15(12)26)31(29,30)25(7)8/h9-10,19,23-24,26H,1-8H3. The van der Waals surface area contributed by atoms with Gasteiger partial charge in [-0.25, -0.2) is 12.7 Å². The molecule has 10 heteroatoms. The van der Waals surface area contributed by atoms with Crippen LogP contribution < -0.4 is 21.5 Å². The number of anilines is 3. The van der Waals surface area contributed by atoms with E-state index in [1.807, 2.05) is 41.5 Å². The molecule has 0 bridgehead atoms. The summed E-state index contributed by atoms with van der Waals surface area (Å²) >= 11 is 6.03. The van der Waals surface area contributed by atoms with E-state index in [4.69, 9.17) is 11.6 Å². The Morgan fingerprint density at radius 1 is 0.968 bits per heavy atom. The summed E-state index contributed by atoms with van der Waals surface area (Å²) in [7, 11) is -1.44. The third-order valence-corrected chi connectivity index (χ3v) is 7.33. The third kappa shape index (κ3) is 4.73. The molecule has 2 aromatic rings. The van der Waals surface area contributed by atoms with Crippen LogP contribution in [0, 0.1) is 10.8 Å². The molecule has 0 aliphatic rings. The van der Waals surface area contributed by atoms with Gasteiger partial charge in [0.25, 0.3) is 10.9 Å². The molecular formula is C21H30ClN3O5S. The van der Waals surface area contributed by atoms with Crippen LogP contribution in [-0.4, -0.2) is 38.0 Å². The fourth-order valence-electron chi connectivity index (χ4n) is 3.74. The molecule has 2 rings (SSSR count). The van der Waals surface area contributed by atoms with E-state index >= 15 is 0 Å². The number of phenolic OH excluding ortho intramolecular Hbond substituents is 1. The Hall–Kier alpha value is -2.10. The van der Waals surface area contributed by atoms with Crippen molar-refractivity contribution in [1.29, 1.82) is 0 Å². The minimum absolute atomic E-state index is 0.0330. The molecule has 8 nitrogen and oxygen atoms in total. The van der Waals surface area contributed by atoms with Gasteiger partial charge in [0.05, 0.1) is 10.7 Å². The van der Waals surface area contributed by atoms with Crippen molar-refractivity contribution in [3.8, 4) is 5.75 Å². The number of phenols is 1. The van der Waals surface area contributed by atoms with Crippen LogP contribution in [0.4, 0.5) is 17.1 Å². The van der Waals surface area contributed by atoms with Crippen molar-refractivity contribution in [1.82, 2.24) is 4.31 Å². The molecule has 0 aliphatic heterocycles. The maximum atomic E-state index is 12.6. The van der Waals surface area contributed by atoms with Gasteiger partial charge in [0.2, 0.25) is 10.0 Å². The molecular weight excluding hydrogens is 442 g/mol. The first kappa shape index (κ1) is 25.2. The average Bonchev–Trinajstić information content (AvgIpc) is 2.59. The molecule has 0 heterocycles. The minimum Gasteiger partial charge on any atom is -0.504 e. The summed E-state index contributed by atoms with van der Waals surface area (Å²) in [5.41, 5.74) is -1.87. The van der Waals surface area contributed by atoms with Crippen LogP contribution in [-0.2, 0) is 10.0 Å². The van der Waals surface area contributed by atoms with Crippen molar-refractivity contribution in [3.63, 3.8) is 0 Å². The molecule has 172 valence electrons. The maximum absolute atomic E-state index is 12.6. The minimum atomic E-state index is -4.05. The number of sulfonamides is 1. The van der Waals surface area contributed by atoms with Gasteiger partial charge in [-0.1, -0.05) is 53.1 Å². The van der Waals surface area contributed by atoms with Gasteiger partial charge in [0.15, 0.2) is 5.75 Å². The lowest BCUT2D eigenvalue weighted by Gasteiger charge is -2.42. The first-order valence-corrected chi connectivity index (χ1v) is 11.5. The highest BCUT2D eigenvalue weighted by Gasteiger charge is 2.37. The van der Waals surface area contributed by atoms with Gasteiger partial charge in [-0.05, 0) is 23.0 Å². The highest BCUT2D eigenvalue weighted by atomic mass is 35.5. The molecule has 0 spiro atoms. The zero-order chi connectivity index (χ0) is 24.1. The maximum Gasteiger partial charge on any atom is 0.253 e. The van der Waals surface area contributed by atoms with Gasteiger partial charge in [0.1, 0.15) is 16.3 Å². The summed E-state index contributed by atoms with van der Waals surface area (Å²) in [6.45, 7) is 12.2. The fraction of sp³-hybridized carbons (Fsp3) is 0.524. The quantitative estimate of drug-likeness (QED) is 0.436. The Balaban J connectivity index is 2.53. The monoisotopic (exact) mass is 471 g/mol. The van der Waals surface area contributed by atoms with Crippen molar-refractivity contribution >= 4 is 38.7 Å². The molecule has 3 N–H and O–H groups in total. The molecule has 0 saturated carbocycles. The van der Waals surface area contributed by atoms with Crippen molar-refractivity contribution in [3.05, 3.63) is 37.6 Å². The predicted octanol–water partition coefficient (Wildman–Crippen LogP) is 3.51. The van der Waals surface area contributed by atoms with Gasteiger partial charge in [-0.15, -0.1) is 0 Å². The lowest BCUT2D eigenvalue weighted by atomic mass is 9.72. The van der Waals surface area contributed by atoms with Crippen molar-refractivity contribution in [2.45, 2.75) is 52.5 Å². The molecule has 31 heavy (non-hydrogen) atoms. The van der Waals surface area contributed by atoms with E-state index in [1.165, 1.54) is 26.2 Å². The van der Waals surface area contributed by atoms with Crippen LogP contribution in [0.25, 0.3) is 0 Å². The molecule has 0 aliphatic carbocycles. The van der Waals surface area contributed by atoms with Crippen LogP contribution in [0.15, 0.2) is 26.6 Å². The topological polar surface area (TPSA) is 116 Å². The van der Waals surface area contributed by atoms with Crippen molar-refractivity contribution in [2.75, 3.05) is 24.7 Å². The van der Waals surface area contributed by atoms with Crippen LogP contribution in [0.1, 0.15) is 41.5 Å². The third-order valence-electron chi connectivity index (χ3n) is 5.01. The summed E-state index contributed by atoms with van der Waals surface area (Å²) in [6.07, 6.45) is 0. The molecule has 0 atom stereocenters. The Morgan fingerprint density at radius 3 is 1.90 bits per heavy atom. The first-order valence-electron chi connectivity index (χ1n) is 9.71. The Bertz CT molecular complexity index is 1150. The number of aromatic hydroxyl groups is 1. The van der Waals surface area contributed by atoms with Crippen LogP contribution in [0.3, 0.4) is 0 Å². The summed E-state index contributed by atoms with van der Waals surface area (Å²) in [5, 5.41) is 16.4. The summed E-state index contributed by atoms with van der Waals surface area (Å²) in [5.74, 6) is -0.636. The Morgan fingerprint density at radius 2 is 1.45 bits per heavy atom. The summed E-state index contributed by atoms with van der Waals surface area (Å²) in [4.78, 5) is 24.1. The van der Waals surface area contributed by atoms with Gasteiger partial charge < -0.3 is 15.7 Å². The van der Waals surface area contributed by atoms with Gasteiger partial charge >= 0.3 is 0 Å². The number of hydrogen-bond acceptors (Lipinski definition) is 7. The van der Waals surface area contributed by atoms with Crippen molar-refractivity contribution in [2.24, 2.45) is 10.8 Å². The van der Waals surface area contributed by atoms with Gasteiger partial charge in [0, 0.05) is 20.1 Å². The zero-order valence-electron chi connectivity index (χ0n) is 19.0. The molecule has 0 saturated heterocycles. The second-order valence-corrected chi connectivity index (χ2v) is 12.4. The highest BCUT2D eigenvalue weighted by Crippen LogP contribution is 2.41. The van der Waals surface area contributed by atoms with E-state index in [1.54, 1.807) is 0 Å². The smallest absolute Gasteiger partial charge is 0.253 e. The average molecular weight is 472 g/mol. The largest absolute Gasteiger partial charge is 0.504 e. The highest BCUT2D eigenvalue weighted by molar-refractivity contribution is 7.89. The molecule has 0 unspecified atom stereocenters. The number of nitrogens with one attached hydrogen (secondary N) is 2. The van der Waals surface area contributed by atoms with E-state index in [0.29, 0.717) is 0 Å². The summed E-state index contributed by atoms with van der Waals surface area (Å²) < 4.78 is 26.0.